The first-order chi connectivity index (χ1) is 21.3. The fourth-order valence-corrected chi connectivity index (χ4v) is 5.68. The summed E-state index contributed by atoms with van der Waals surface area (Å²) < 4.78 is 40.2. The molecule has 0 aliphatic carbocycles. The van der Waals surface area contributed by atoms with Crippen LogP contribution in [0.4, 0.5) is 10.1 Å². The summed E-state index contributed by atoms with van der Waals surface area (Å²) in [6.07, 6.45) is 5.97. The number of aromatic amines is 2. The minimum Gasteiger partial charge on any atom is -0.374 e. The van der Waals surface area contributed by atoms with E-state index in [1.807, 2.05) is 24.3 Å². The van der Waals surface area contributed by atoms with Crippen molar-refractivity contribution < 1.29 is 17.9 Å². The number of imidazole rings is 1. The number of H-pyrrole nitrogens is 2. The molecule has 0 bridgehead atoms. The number of nitrogens with zero attached hydrogens (tertiary/aromatic N) is 4. The first-order valence-electron chi connectivity index (χ1n) is 14.3. The predicted octanol–water partition coefficient (Wildman–Crippen LogP) is 5.59. The molecule has 0 saturated heterocycles. The van der Waals surface area contributed by atoms with Crippen LogP contribution in [0.2, 0.25) is 0 Å². The van der Waals surface area contributed by atoms with Crippen LogP contribution in [-0.4, -0.2) is 56.1 Å². The summed E-state index contributed by atoms with van der Waals surface area (Å²) in [6, 6.07) is 14.0. The molecule has 4 heterocycles. The zero-order chi connectivity index (χ0) is 31.9. The van der Waals surface area contributed by atoms with E-state index in [-0.39, 0.29) is 12.0 Å². The predicted molar refractivity (Wildman–Crippen MR) is 173 cm³/mol. The van der Waals surface area contributed by atoms with E-state index in [0.717, 1.165) is 28.3 Å². The van der Waals surface area contributed by atoms with Gasteiger partial charge in [0.05, 0.1) is 23.7 Å². The smallest absolute Gasteiger partial charge is 0.209 e. The third kappa shape index (κ3) is 7.00. The minimum atomic E-state index is -3.45. The van der Waals surface area contributed by atoms with Crippen molar-refractivity contribution in [2.45, 2.75) is 40.0 Å². The molecule has 0 saturated carbocycles. The van der Waals surface area contributed by atoms with Crippen molar-refractivity contribution >= 4 is 37.8 Å². The van der Waals surface area contributed by atoms with Crippen LogP contribution in [0.3, 0.4) is 0 Å². The highest BCUT2D eigenvalue weighted by atomic mass is 32.2. The number of aromatic nitrogens is 6. The van der Waals surface area contributed by atoms with E-state index in [9.17, 15) is 17.9 Å². The molecule has 5 N–H and O–H groups in total. The Morgan fingerprint density at radius 1 is 1.02 bits per heavy atom. The fourth-order valence-electron chi connectivity index (χ4n) is 5.25. The third-order valence-corrected chi connectivity index (χ3v) is 7.86. The van der Waals surface area contributed by atoms with Gasteiger partial charge in [-0.25, -0.2) is 27.5 Å². The monoisotopic (exact) mass is 628 g/mol. The molecule has 6 rings (SSSR count). The molecule has 0 spiro atoms. The molecule has 11 nitrogen and oxygen atoms in total. The Hall–Kier alpha value is -4.72. The van der Waals surface area contributed by atoms with E-state index in [0.29, 0.717) is 51.5 Å². The van der Waals surface area contributed by atoms with Gasteiger partial charge in [-0.15, -0.1) is 0 Å². The van der Waals surface area contributed by atoms with Crippen LogP contribution >= 0.6 is 0 Å². The number of aliphatic hydroxyl groups excluding tert-OH is 1. The Balaban J connectivity index is 1.34. The number of sulfonamides is 1. The Labute approximate surface area is 259 Å². The molecule has 0 aliphatic heterocycles. The molecule has 0 aliphatic rings. The Bertz CT molecular complexity index is 2140. The van der Waals surface area contributed by atoms with Crippen molar-refractivity contribution in [2.24, 2.45) is 5.41 Å². The van der Waals surface area contributed by atoms with Crippen LogP contribution in [0.5, 0.6) is 0 Å². The second kappa shape index (κ2) is 11.7. The highest BCUT2D eigenvalue weighted by Gasteiger charge is 2.19. The van der Waals surface area contributed by atoms with Gasteiger partial charge >= 0.3 is 0 Å². The number of pyridine rings is 2. The normalized spacial score (nSPS) is 13.0. The Morgan fingerprint density at radius 2 is 1.84 bits per heavy atom. The minimum absolute atomic E-state index is 0.0369. The van der Waals surface area contributed by atoms with E-state index in [1.54, 1.807) is 30.7 Å². The molecule has 2 aromatic carbocycles. The SMILES string of the molecule is CC(C)(C)CC(O)Nc1cncc(-c2ccc3[nH]nc(-c4nc5c(-c6cc(F)cc(CNS(C)(=O)=O)c6)ccnc5[nH]4)c3c2)c1. The second-order valence-corrected chi connectivity index (χ2v) is 14.1. The van der Waals surface area contributed by atoms with Crippen LogP contribution in [-0.2, 0) is 16.6 Å². The lowest BCUT2D eigenvalue weighted by atomic mass is 9.91. The summed E-state index contributed by atoms with van der Waals surface area (Å²) in [5.74, 6) is -0.0237. The van der Waals surface area contributed by atoms with Gasteiger partial charge in [0, 0.05) is 35.5 Å². The summed E-state index contributed by atoms with van der Waals surface area (Å²) in [4.78, 5) is 16.9. The number of halogens is 1. The maximum Gasteiger partial charge on any atom is 0.209 e. The summed E-state index contributed by atoms with van der Waals surface area (Å²) in [7, 11) is -3.45. The largest absolute Gasteiger partial charge is 0.374 e. The molecule has 13 heteroatoms. The highest BCUT2D eigenvalue weighted by molar-refractivity contribution is 7.88. The first-order valence-corrected chi connectivity index (χ1v) is 16.2. The van der Waals surface area contributed by atoms with E-state index < -0.39 is 22.1 Å². The molecule has 1 atom stereocenters. The first kappa shape index (κ1) is 30.3. The fraction of sp³-hybridized carbons (Fsp3) is 0.250. The number of aliphatic hydroxyl groups is 1. The summed E-state index contributed by atoms with van der Waals surface area (Å²) >= 11 is 0. The molecular weight excluding hydrogens is 595 g/mol. The molecule has 45 heavy (non-hydrogen) atoms. The van der Waals surface area contributed by atoms with Crippen LogP contribution in [0.15, 0.2) is 67.1 Å². The van der Waals surface area contributed by atoms with Gasteiger partial charge in [-0.05, 0) is 71.0 Å². The van der Waals surface area contributed by atoms with Crippen LogP contribution < -0.4 is 10.0 Å². The number of hydrogen-bond donors (Lipinski definition) is 5. The lowest BCUT2D eigenvalue weighted by molar-refractivity contribution is 0.145. The van der Waals surface area contributed by atoms with Gasteiger partial charge in [-0.3, -0.25) is 10.1 Å². The van der Waals surface area contributed by atoms with Gasteiger partial charge in [-0.1, -0.05) is 26.8 Å². The quantitative estimate of drug-likeness (QED) is 0.130. The van der Waals surface area contributed by atoms with Crippen LogP contribution in [0.25, 0.3) is 55.8 Å². The van der Waals surface area contributed by atoms with Crippen molar-refractivity contribution in [3.63, 3.8) is 0 Å². The van der Waals surface area contributed by atoms with E-state index in [4.69, 9.17) is 4.98 Å². The zero-order valence-electron chi connectivity index (χ0n) is 25.2. The zero-order valence-corrected chi connectivity index (χ0v) is 26.0. The molecular formula is C32H33FN8O3S. The average Bonchev–Trinajstić information content (AvgIpc) is 3.58. The second-order valence-electron chi connectivity index (χ2n) is 12.3. The number of fused-ring (bicyclic) bond motifs is 2. The van der Waals surface area contributed by atoms with Crippen molar-refractivity contribution in [1.82, 2.24) is 34.9 Å². The number of benzene rings is 2. The van der Waals surface area contributed by atoms with E-state index >= 15 is 0 Å². The average molecular weight is 629 g/mol. The number of hydrogen-bond acceptors (Lipinski definition) is 8. The van der Waals surface area contributed by atoms with E-state index in [2.05, 4.69) is 56.0 Å². The van der Waals surface area contributed by atoms with Crippen molar-refractivity contribution in [2.75, 3.05) is 11.6 Å². The van der Waals surface area contributed by atoms with Crippen LogP contribution in [0.1, 0.15) is 32.8 Å². The molecule has 0 amide bonds. The van der Waals surface area contributed by atoms with Gasteiger partial charge in [0.1, 0.15) is 23.3 Å². The van der Waals surface area contributed by atoms with Gasteiger partial charge in [0.2, 0.25) is 10.0 Å². The maximum atomic E-state index is 14.6. The topological polar surface area (TPSA) is 162 Å². The van der Waals surface area contributed by atoms with Crippen molar-refractivity contribution in [3.8, 4) is 33.8 Å². The summed E-state index contributed by atoms with van der Waals surface area (Å²) in [6.45, 7) is 6.17. The van der Waals surface area contributed by atoms with Gasteiger partial charge in [-0.2, -0.15) is 5.10 Å². The molecule has 0 radical (unpaired) electrons. The van der Waals surface area contributed by atoms with Gasteiger partial charge in [0.15, 0.2) is 11.5 Å². The molecule has 6 aromatic rings. The number of anilines is 1. The number of rotatable bonds is 9. The van der Waals surface area contributed by atoms with Crippen molar-refractivity contribution in [3.05, 3.63) is 78.5 Å². The third-order valence-electron chi connectivity index (χ3n) is 7.19. The van der Waals surface area contributed by atoms with Crippen molar-refractivity contribution in [1.29, 1.82) is 0 Å². The summed E-state index contributed by atoms with van der Waals surface area (Å²) in [5, 5.41) is 22.0. The number of nitrogens with one attached hydrogen (secondary N) is 4. The summed E-state index contributed by atoms with van der Waals surface area (Å²) in [5.41, 5.74) is 6.46. The lowest BCUT2D eigenvalue weighted by Crippen LogP contribution is -2.25. The molecule has 0 fully saturated rings. The van der Waals surface area contributed by atoms with Gasteiger partial charge < -0.3 is 15.4 Å². The molecule has 232 valence electrons. The van der Waals surface area contributed by atoms with Crippen LogP contribution in [0, 0.1) is 11.2 Å². The Kier molecular flexibility index (Phi) is 7.85. The lowest BCUT2D eigenvalue weighted by Gasteiger charge is -2.23. The molecule has 1 unspecified atom stereocenters. The Morgan fingerprint density at radius 3 is 2.62 bits per heavy atom. The maximum absolute atomic E-state index is 14.6. The van der Waals surface area contributed by atoms with Gasteiger partial charge in [0.25, 0.3) is 0 Å². The highest BCUT2D eigenvalue weighted by Crippen LogP contribution is 2.33. The van der Waals surface area contributed by atoms with E-state index in [1.165, 1.54) is 12.1 Å². The molecule has 4 aromatic heterocycles. The standard InChI is InChI=1S/C32H33FN8O3S/c1-32(2,3)14-27(42)37-23-12-21(16-34-17-23)19-5-6-26-25(13-19)29(41-40-26)31-38-28-24(7-8-35-30(28)39-31)20-9-18(10-22(33)11-20)15-36-45(4,43)44/h5-13,16-17,27,36-37,42H,14-15H2,1-4H3,(H,40,41)(H,35,38,39).